The van der Waals surface area contributed by atoms with Crippen LogP contribution in [-0.4, -0.2) is 36.7 Å². The zero-order valence-electron chi connectivity index (χ0n) is 15.2. The summed E-state index contributed by atoms with van der Waals surface area (Å²) in [5.41, 5.74) is 3.72. The van der Waals surface area contributed by atoms with Gasteiger partial charge in [0.15, 0.2) is 11.5 Å². The Bertz CT molecular complexity index is 803. The van der Waals surface area contributed by atoms with Crippen LogP contribution in [0, 0.1) is 6.92 Å². The summed E-state index contributed by atoms with van der Waals surface area (Å²) in [5, 5.41) is 3.14. The van der Waals surface area contributed by atoms with Crippen LogP contribution in [0.1, 0.15) is 29.5 Å². The Balaban J connectivity index is 1.51. The standard InChI is InChI=1S/C21H24N2O3/c1-14-3-6-17(7-4-14)18-11-23(12-19(18)22-15(2)24)10-16-5-8-20-21(9-16)26-13-25-20/h3-9,18-19H,10-13H2,1-2H3,(H,22,24). The SMILES string of the molecule is CC(=O)NC1CN(Cc2ccc3c(c2)OCO3)CC1c1ccc(C)cc1. The van der Waals surface area contributed by atoms with E-state index in [0.29, 0.717) is 12.7 Å². The van der Waals surface area contributed by atoms with Crippen LogP contribution >= 0.6 is 0 Å². The molecule has 1 saturated heterocycles. The Hall–Kier alpha value is -2.53. The van der Waals surface area contributed by atoms with E-state index in [9.17, 15) is 4.79 Å². The highest BCUT2D eigenvalue weighted by atomic mass is 16.7. The molecule has 5 heteroatoms. The van der Waals surface area contributed by atoms with Crippen molar-refractivity contribution in [1.29, 1.82) is 0 Å². The van der Waals surface area contributed by atoms with E-state index in [1.807, 2.05) is 6.07 Å². The Labute approximate surface area is 153 Å². The van der Waals surface area contributed by atoms with E-state index in [-0.39, 0.29) is 11.9 Å². The van der Waals surface area contributed by atoms with Crippen LogP contribution in [0.5, 0.6) is 11.5 Å². The van der Waals surface area contributed by atoms with Gasteiger partial charge in [0, 0.05) is 38.5 Å². The number of carbonyl (C=O) groups excluding carboxylic acids is 1. The second-order valence-electron chi connectivity index (χ2n) is 7.21. The first kappa shape index (κ1) is 16.9. The minimum Gasteiger partial charge on any atom is -0.454 e. The number of nitrogens with one attached hydrogen (secondary N) is 1. The molecule has 26 heavy (non-hydrogen) atoms. The lowest BCUT2D eigenvalue weighted by Gasteiger charge is -2.19. The van der Waals surface area contributed by atoms with Gasteiger partial charge in [-0.3, -0.25) is 9.69 Å². The fourth-order valence-corrected chi connectivity index (χ4v) is 3.87. The number of hydrogen-bond acceptors (Lipinski definition) is 4. The number of benzene rings is 2. The third kappa shape index (κ3) is 3.53. The third-order valence-corrected chi connectivity index (χ3v) is 5.13. The van der Waals surface area contributed by atoms with E-state index in [4.69, 9.17) is 9.47 Å². The van der Waals surface area contributed by atoms with Gasteiger partial charge >= 0.3 is 0 Å². The zero-order valence-corrected chi connectivity index (χ0v) is 15.2. The lowest BCUT2D eigenvalue weighted by molar-refractivity contribution is -0.119. The largest absolute Gasteiger partial charge is 0.454 e. The summed E-state index contributed by atoms with van der Waals surface area (Å²) in [5.74, 6) is 1.95. The van der Waals surface area contributed by atoms with Crippen molar-refractivity contribution in [3.8, 4) is 11.5 Å². The van der Waals surface area contributed by atoms with Crippen LogP contribution < -0.4 is 14.8 Å². The van der Waals surface area contributed by atoms with E-state index < -0.39 is 0 Å². The molecule has 0 bridgehead atoms. The van der Waals surface area contributed by atoms with Crippen molar-refractivity contribution in [3.05, 3.63) is 59.2 Å². The van der Waals surface area contributed by atoms with Crippen molar-refractivity contribution in [3.63, 3.8) is 0 Å². The van der Waals surface area contributed by atoms with Crippen LogP contribution in [0.4, 0.5) is 0 Å². The third-order valence-electron chi connectivity index (χ3n) is 5.13. The van der Waals surface area contributed by atoms with Crippen LogP contribution in [0.15, 0.2) is 42.5 Å². The van der Waals surface area contributed by atoms with Crippen molar-refractivity contribution < 1.29 is 14.3 Å². The molecule has 1 amide bonds. The number of nitrogens with zero attached hydrogens (tertiary/aromatic N) is 1. The summed E-state index contributed by atoms with van der Waals surface area (Å²) in [7, 11) is 0. The van der Waals surface area contributed by atoms with Crippen molar-refractivity contribution in [1.82, 2.24) is 10.2 Å². The number of carbonyl (C=O) groups is 1. The average Bonchev–Trinajstić information content (AvgIpc) is 3.21. The number of hydrogen-bond donors (Lipinski definition) is 1. The molecule has 5 nitrogen and oxygen atoms in total. The molecule has 1 N–H and O–H groups in total. The number of aryl methyl sites for hydroxylation is 1. The summed E-state index contributed by atoms with van der Waals surface area (Å²) in [4.78, 5) is 14.1. The van der Waals surface area contributed by atoms with Gasteiger partial charge in [0.25, 0.3) is 0 Å². The first-order valence-electron chi connectivity index (χ1n) is 9.03. The van der Waals surface area contributed by atoms with Gasteiger partial charge in [0.05, 0.1) is 0 Å². The van der Waals surface area contributed by atoms with Crippen LogP contribution in [-0.2, 0) is 11.3 Å². The van der Waals surface area contributed by atoms with Crippen LogP contribution in [0.3, 0.4) is 0 Å². The molecule has 136 valence electrons. The lowest BCUT2D eigenvalue weighted by atomic mass is 9.93. The maximum absolute atomic E-state index is 11.7. The van der Waals surface area contributed by atoms with Crippen LogP contribution in [0.25, 0.3) is 0 Å². The molecule has 2 heterocycles. The average molecular weight is 352 g/mol. The highest BCUT2D eigenvalue weighted by Gasteiger charge is 2.34. The molecular formula is C21H24N2O3. The highest BCUT2D eigenvalue weighted by molar-refractivity contribution is 5.73. The summed E-state index contributed by atoms with van der Waals surface area (Å²) in [6, 6.07) is 14.9. The van der Waals surface area contributed by atoms with E-state index >= 15 is 0 Å². The normalized spacial score (nSPS) is 21.8. The van der Waals surface area contributed by atoms with E-state index in [1.165, 1.54) is 16.7 Å². The van der Waals surface area contributed by atoms with E-state index in [0.717, 1.165) is 31.1 Å². The van der Waals surface area contributed by atoms with Gasteiger partial charge in [-0.15, -0.1) is 0 Å². The molecule has 2 unspecified atom stereocenters. The second kappa shape index (κ2) is 7.00. The van der Waals surface area contributed by atoms with Crippen molar-refractivity contribution in [2.24, 2.45) is 0 Å². The van der Waals surface area contributed by atoms with Gasteiger partial charge in [-0.05, 0) is 30.2 Å². The van der Waals surface area contributed by atoms with Gasteiger partial charge < -0.3 is 14.8 Å². The molecule has 0 aliphatic carbocycles. The van der Waals surface area contributed by atoms with Gasteiger partial charge in [-0.25, -0.2) is 0 Å². The van der Waals surface area contributed by atoms with Gasteiger partial charge in [-0.1, -0.05) is 35.9 Å². The number of rotatable bonds is 4. The van der Waals surface area contributed by atoms with E-state index in [1.54, 1.807) is 6.92 Å². The van der Waals surface area contributed by atoms with E-state index in [2.05, 4.69) is 53.5 Å². The molecule has 0 aromatic heterocycles. The Morgan fingerprint density at radius 1 is 1.12 bits per heavy atom. The summed E-state index contributed by atoms with van der Waals surface area (Å²) in [6.07, 6.45) is 0. The minimum absolute atomic E-state index is 0.0250. The minimum atomic E-state index is 0.0250. The molecular weight excluding hydrogens is 328 g/mol. The van der Waals surface area contributed by atoms with Gasteiger partial charge in [0.1, 0.15) is 0 Å². The molecule has 2 aliphatic rings. The molecule has 1 fully saturated rings. The Morgan fingerprint density at radius 3 is 2.65 bits per heavy atom. The maximum Gasteiger partial charge on any atom is 0.231 e. The van der Waals surface area contributed by atoms with Crippen molar-refractivity contribution in [2.45, 2.75) is 32.4 Å². The molecule has 2 aliphatic heterocycles. The van der Waals surface area contributed by atoms with Gasteiger partial charge in [-0.2, -0.15) is 0 Å². The molecule has 2 aromatic rings. The number of fused-ring (bicyclic) bond motifs is 1. The topological polar surface area (TPSA) is 50.8 Å². The quantitative estimate of drug-likeness (QED) is 0.919. The fourth-order valence-electron chi connectivity index (χ4n) is 3.87. The number of likely N-dealkylation sites (tertiary alicyclic amines) is 1. The first-order chi connectivity index (χ1) is 12.6. The first-order valence-corrected chi connectivity index (χ1v) is 9.03. The summed E-state index contributed by atoms with van der Waals surface area (Å²) >= 11 is 0. The Kier molecular flexibility index (Phi) is 4.55. The second-order valence-corrected chi connectivity index (χ2v) is 7.21. The summed E-state index contributed by atoms with van der Waals surface area (Å²) < 4.78 is 10.9. The molecule has 0 radical (unpaired) electrons. The van der Waals surface area contributed by atoms with Crippen molar-refractivity contribution >= 4 is 5.91 Å². The fraction of sp³-hybridized carbons (Fsp3) is 0.381. The molecule has 2 aromatic carbocycles. The van der Waals surface area contributed by atoms with Crippen molar-refractivity contribution in [2.75, 3.05) is 19.9 Å². The molecule has 0 spiro atoms. The predicted molar refractivity (Wildman–Crippen MR) is 99.4 cm³/mol. The summed E-state index contributed by atoms with van der Waals surface area (Å²) in [6.45, 7) is 6.56. The lowest BCUT2D eigenvalue weighted by Crippen LogP contribution is -2.38. The van der Waals surface area contributed by atoms with Gasteiger partial charge in [0.2, 0.25) is 12.7 Å². The number of ether oxygens (including phenoxy) is 2. The monoisotopic (exact) mass is 352 g/mol. The number of amides is 1. The Morgan fingerprint density at radius 2 is 1.88 bits per heavy atom. The predicted octanol–water partition coefficient (Wildman–Crippen LogP) is 2.83. The van der Waals surface area contributed by atoms with Crippen LogP contribution in [0.2, 0.25) is 0 Å². The highest BCUT2D eigenvalue weighted by Crippen LogP contribution is 2.34. The smallest absolute Gasteiger partial charge is 0.231 e. The maximum atomic E-state index is 11.7. The molecule has 0 saturated carbocycles. The molecule has 4 rings (SSSR count). The molecule has 2 atom stereocenters. The zero-order chi connectivity index (χ0) is 18.1.